The number of carbonyl (C=O) groups excluding carboxylic acids is 3. The van der Waals surface area contributed by atoms with Crippen LogP contribution in [0.15, 0.2) is 18.6 Å². The maximum atomic E-state index is 12.8. The molecule has 1 saturated carbocycles. The van der Waals surface area contributed by atoms with E-state index in [2.05, 4.69) is 15.3 Å². The molecular formula is C20H27N5O3. The van der Waals surface area contributed by atoms with Crippen molar-refractivity contribution in [2.24, 2.45) is 16.7 Å². The molecule has 1 N–H and O–H groups in total. The van der Waals surface area contributed by atoms with E-state index < -0.39 is 5.41 Å². The molecule has 8 nitrogen and oxygen atoms in total. The first-order valence-corrected chi connectivity index (χ1v) is 9.95. The van der Waals surface area contributed by atoms with Crippen molar-refractivity contribution >= 4 is 17.7 Å². The molecule has 4 rings (SSSR count). The number of nitrogens with one attached hydrogen (secondary N) is 1. The topological polar surface area (TPSA) is 95.5 Å². The number of piperidine rings is 1. The lowest BCUT2D eigenvalue weighted by Gasteiger charge is -2.44. The molecule has 1 spiro atoms. The van der Waals surface area contributed by atoms with Crippen LogP contribution >= 0.6 is 0 Å². The lowest BCUT2D eigenvalue weighted by atomic mass is 9.65. The number of fused-ring (bicyclic) bond motifs is 2. The summed E-state index contributed by atoms with van der Waals surface area (Å²) in [5.41, 5.74) is -0.0565. The van der Waals surface area contributed by atoms with Gasteiger partial charge < -0.3 is 15.1 Å². The molecule has 0 aromatic carbocycles. The van der Waals surface area contributed by atoms with Crippen LogP contribution in [-0.2, 0) is 9.59 Å². The summed E-state index contributed by atoms with van der Waals surface area (Å²) in [7, 11) is 1.68. The van der Waals surface area contributed by atoms with Crippen molar-refractivity contribution in [2.75, 3.05) is 33.2 Å². The lowest BCUT2D eigenvalue weighted by molar-refractivity contribution is -0.133. The Bertz CT molecular complexity index is 790. The van der Waals surface area contributed by atoms with Gasteiger partial charge in [-0.3, -0.25) is 14.4 Å². The van der Waals surface area contributed by atoms with Crippen molar-refractivity contribution in [1.82, 2.24) is 25.1 Å². The highest BCUT2D eigenvalue weighted by Crippen LogP contribution is 2.62. The van der Waals surface area contributed by atoms with Gasteiger partial charge in [-0.05, 0) is 43.1 Å². The summed E-state index contributed by atoms with van der Waals surface area (Å²) in [4.78, 5) is 49.2. The summed E-state index contributed by atoms with van der Waals surface area (Å²) >= 11 is 0. The van der Waals surface area contributed by atoms with Gasteiger partial charge in [0, 0.05) is 46.3 Å². The zero-order chi connectivity index (χ0) is 19.9. The first kappa shape index (κ1) is 18.8. The predicted octanol–water partition coefficient (Wildman–Crippen LogP) is 0.704. The Hall–Kier alpha value is -2.51. The third-order valence-electron chi connectivity index (χ3n) is 7.32. The van der Waals surface area contributed by atoms with Crippen LogP contribution in [0.4, 0.5) is 0 Å². The SMILES string of the molecule is CNC(=O)[C@@]12CCC3(CCN(C(=O)c4ccncn4)CC3)[C@@H]1CN(C(C)=O)C2. The van der Waals surface area contributed by atoms with Crippen molar-refractivity contribution in [3.63, 3.8) is 0 Å². The highest BCUT2D eigenvalue weighted by molar-refractivity contribution is 5.92. The summed E-state index contributed by atoms with van der Waals surface area (Å²) in [6, 6.07) is 1.64. The molecule has 0 bridgehead atoms. The minimum atomic E-state index is -0.487. The number of rotatable bonds is 2. The fourth-order valence-corrected chi connectivity index (χ4v) is 5.75. The van der Waals surface area contributed by atoms with Crippen LogP contribution in [0.3, 0.4) is 0 Å². The van der Waals surface area contributed by atoms with Gasteiger partial charge in [0.15, 0.2) is 0 Å². The summed E-state index contributed by atoms with van der Waals surface area (Å²) in [5.74, 6) is 0.173. The van der Waals surface area contributed by atoms with E-state index in [0.717, 1.165) is 25.7 Å². The van der Waals surface area contributed by atoms with Gasteiger partial charge in [0.05, 0.1) is 5.41 Å². The fourth-order valence-electron chi connectivity index (χ4n) is 5.75. The van der Waals surface area contributed by atoms with Gasteiger partial charge in [-0.2, -0.15) is 0 Å². The highest BCUT2D eigenvalue weighted by atomic mass is 16.2. The van der Waals surface area contributed by atoms with Crippen LogP contribution in [0.5, 0.6) is 0 Å². The fraction of sp³-hybridized carbons (Fsp3) is 0.650. The molecule has 150 valence electrons. The molecule has 3 aliphatic rings. The molecule has 1 aliphatic carbocycles. The minimum absolute atomic E-state index is 0.0131. The molecule has 0 radical (unpaired) electrons. The normalized spacial score (nSPS) is 28.3. The van der Waals surface area contributed by atoms with Crippen molar-refractivity contribution < 1.29 is 14.4 Å². The predicted molar refractivity (Wildman–Crippen MR) is 101 cm³/mol. The number of amides is 3. The molecular weight excluding hydrogens is 358 g/mol. The molecule has 2 aliphatic heterocycles. The van der Waals surface area contributed by atoms with Crippen LogP contribution < -0.4 is 5.32 Å². The second kappa shape index (κ2) is 6.83. The van der Waals surface area contributed by atoms with Gasteiger partial charge >= 0.3 is 0 Å². The van der Waals surface area contributed by atoms with Crippen molar-refractivity contribution in [3.8, 4) is 0 Å². The van der Waals surface area contributed by atoms with E-state index in [0.29, 0.717) is 31.9 Å². The quantitative estimate of drug-likeness (QED) is 0.809. The lowest BCUT2D eigenvalue weighted by Crippen LogP contribution is -2.49. The molecule has 3 amide bonds. The van der Waals surface area contributed by atoms with E-state index in [1.54, 1.807) is 26.2 Å². The minimum Gasteiger partial charge on any atom is -0.359 e. The number of hydrogen-bond acceptors (Lipinski definition) is 5. The number of nitrogens with zero attached hydrogens (tertiary/aromatic N) is 4. The first-order valence-electron chi connectivity index (χ1n) is 9.95. The smallest absolute Gasteiger partial charge is 0.272 e. The largest absolute Gasteiger partial charge is 0.359 e. The van der Waals surface area contributed by atoms with Gasteiger partial charge in [-0.15, -0.1) is 0 Å². The van der Waals surface area contributed by atoms with Crippen LogP contribution in [0.25, 0.3) is 0 Å². The van der Waals surface area contributed by atoms with E-state index in [1.807, 2.05) is 9.80 Å². The molecule has 3 fully saturated rings. The first-order chi connectivity index (χ1) is 13.4. The van der Waals surface area contributed by atoms with E-state index in [-0.39, 0.29) is 29.1 Å². The van der Waals surface area contributed by atoms with Crippen LogP contribution in [-0.4, -0.2) is 70.7 Å². The average Bonchev–Trinajstić information content (AvgIpc) is 3.26. The second-order valence-corrected chi connectivity index (χ2v) is 8.44. The molecule has 8 heteroatoms. The third kappa shape index (κ3) is 2.77. The number of likely N-dealkylation sites (tertiary alicyclic amines) is 2. The second-order valence-electron chi connectivity index (χ2n) is 8.44. The van der Waals surface area contributed by atoms with Gasteiger partial charge in [0.2, 0.25) is 11.8 Å². The maximum absolute atomic E-state index is 12.8. The molecule has 3 heterocycles. The standard InChI is InChI=1S/C20H27N5O3/c1-14(26)25-11-16-19(4-5-20(16,12-25)18(28)21-2)6-9-24(10-7-19)17(27)15-3-8-22-13-23-15/h3,8,13,16H,4-7,9-12H2,1-2H3,(H,21,28)/t16-,20+/m0/s1. The van der Waals surface area contributed by atoms with Crippen molar-refractivity contribution in [1.29, 1.82) is 0 Å². The molecule has 1 aromatic heterocycles. The number of aromatic nitrogens is 2. The number of hydrogen-bond donors (Lipinski definition) is 1. The Balaban J connectivity index is 1.53. The van der Waals surface area contributed by atoms with E-state index >= 15 is 0 Å². The van der Waals surface area contributed by atoms with E-state index in [1.165, 1.54) is 6.33 Å². The molecule has 2 saturated heterocycles. The Morgan fingerprint density at radius 1 is 1.14 bits per heavy atom. The summed E-state index contributed by atoms with van der Waals surface area (Å²) < 4.78 is 0. The maximum Gasteiger partial charge on any atom is 0.272 e. The van der Waals surface area contributed by atoms with Crippen LogP contribution in [0.2, 0.25) is 0 Å². The Kier molecular flexibility index (Phi) is 4.59. The zero-order valence-corrected chi connectivity index (χ0v) is 16.5. The van der Waals surface area contributed by atoms with Crippen LogP contribution in [0, 0.1) is 16.7 Å². The average molecular weight is 385 g/mol. The third-order valence-corrected chi connectivity index (χ3v) is 7.32. The highest BCUT2D eigenvalue weighted by Gasteiger charge is 2.64. The van der Waals surface area contributed by atoms with Gasteiger partial charge in [0.1, 0.15) is 12.0 Å². The zero-order valence-electron chi connectivity index (χ0n) is 16.5. The molecule has 0 unspecified atom stereocenters. The Morgan fingerprint density at radius 3 is 2.50 bits per heavy atom. The van der Waals surface area contributed by atoms with E-state index in [4.69, 9.17) is 0 Å². The monoisotopic (exact) mass is 385 g/mol. The van der Waals surface area contributed by atoms with Crippen molar-refractivity contribution in [3.05, 3.63) is 24.3 Å². The van der Waals surface area contributed by atoms with E-state index in [9.17, 15) is 14.4 Å². The van der Waals surface area contributed by atoms with Gasteiger partial charge in [0.25, 0.3) is 5.91 Å². The Labute approximate surface area is 164 Å². The summed E-state index contributed by atoms with van der Waals surface area (Å²) in [5, 5.41) is 2.84. The van der Waals surface area contributed by atoms with Gasteiger partial charge in [-0.25, -0.2) is 9.97 Å². The summed E-state index contributed by atoms with van der Waals surface area (Å²) in [6.45, 7) is 4.04. The van der Waals surface area contributed by atoms with Gasteiger partial charge in [-0.1, -0.05) is 0 Å². The molecule has 1 aromatic rings. The Morgan fingerprint density at radius 2 is 1.89 bits per heavy atom. The molecule has 28 heavy (non-hydrogen) atoms. The number of carbonyl (C=O) groups is 3. The van der Waals surface area contributed by atoms with Crippen LogP contribution in [0.1, 0.15) is 43.1 Å². The molecule has 2 atom stereocenters. The van der Waals surface area contributed by atoms with Crippen molar-refractivity contribution in [2.45, 2.75) is 32.6 Å². The summed E-state index contributed by atoms with van der Waals surface area (Å²) in [6.07, 6.45) is 6.47.